The summed E-state index contributed by atoms with van der Waals surface area (Å²) in [5.74, 6) is 1.41. The number of nitrogens with zero attached hydrogens (tertiary/aromatic N) is 1. The van der Waals surface area contributed by atoms with Crippen molar-refractivity contribution < 1.29 is 14.4 Å². The first-order valence-corrected chi connectivity index (χ1v) is 12.4. The van der Waals surface area contributed by atoms with E-state index in [1.807, 2.05) is 48.5 Å². The second kappa shape index (κ2) is 9.40. The summed E-state index contributed by atoms with van der Waals surface area (Å²) in [4.78, 5) is 17.5. The Morgan fingerprint density at radius 2 is 1.14 bits per heavy atom. The van der Waals surface area contributed by atoms with Gasteiger partial charge < -0.3 is 14.5 Å². The van der Waals surface area contributed by atoms with Gasteiger partial charge in [-0.25, -0.2) is 0 Å². The molecule has 1 saturated heterocycles. The molecule has 0 aromatic heterocycles. The molecule has 4 aromatic carbocycles. The Morgan fingerprint density at radius 1 is 0.686 bits per heavy atom. The number of hydrogen-bond donors (Lipinski definition) is 1. The number of quaternary nitrogens is 1. The van der Waals surface area contributed by atoms with Gasteiger partial charge in [-0.1, -0.05) is 97.1 Å². The van der Waals surface area contributed by atoms with Crippen LogP contribution in [0.5, 0.6) is 11.5 Å². The number of nitrogens with one attached hydrogen (secondary N) is 1. The number of rotatable bonds is 4. The zero-order valence-corrected chi connectivity index (χ0v) is 19.6. The summed E-state index contributed by atoms with van der Waals surface area (Å²) < 4.78 is 6.12. The van der Waals surface area contributed by atoms with Gasteiger partial charge >= 0.3 is 0 Å². The van der Waals surface area contributed by atoms with Crippen LogP contribution < -0.4 is 9.64 Å². The smallest absolute Gasteiger partial charge is 0.235 e. The molecule has 2 aliphatic rings. The second-order valence-electron chi connectivity index (χ2n) is 9.35. The van der Waals surface area contributed by atoms with Crippen LogP contribution in [0.2, 0.25) is 0 Å². The van der Waals surface area contributed by atoms with Gasteiger partial charge in [-0.2, -0.15) is 0 Å². The van der Waals surface area contributed by atoms with Gasteiger partial charge in [-0.05, 0) is 12.1 Å². The van der Waals surface area contributed by atoms with Crippen LogP contribution >= 0.6 is 0 Å². The van der Waals surface area contributed by atoms with E-state index in [0.717, 1.165) is 48.8 Å². The molecule has 35 heavy (non-hydrogen) atoms. The first-order valence-electron chi connectivity index (χ1n) is 12.4. The van der Waals surface area contributed by atoms with Crippen molar-refractivity contribution in [2.24, 2.45) is 0 Å². The molecule has 174 valence electrons. The Balaban J connectivity index is 1.25. The maximum atomic E-state index is 14.0. The molecule has 1 N–H and O–H groups in total. The standard InChI is InChI=1S/C31H28N2O2/c34-31(29-25-15-7-9-17-27(25)35-28-18-10-8-16-26(28)29)33-21-19-32(20-22-33)30(23-11-3-1-4-12-23)24-13-5-2-6-14-24/h1-18,29-30H,19-22H2/p+1. The first-order chi connectivity index (χ1) is 17.3. The number of amides is 1. The highest BCUT2D eigenvalue weighted by Gasteiger charge is 2.38. The van der Waals surface area contributed by atoms with Crippen molar-refractivity contribution in [3.8, 4) is 11.5 Å². The summed E-state index contributed by atoms with van der Waals surface area (Å²) in [7, 11) is 0. The van der Waals surface area contributed by atoms with Gasteiger partial charge in [0.15, 0.2) is 0 Å². The molecule has 0 spiro atoms. The lowest BCUT2D eigenvalue weighted by molar-refractivity contribution is -0.929. The first kappa shape index (κ1) is 21.6. The lowest BCUT2D eigenvalue weighted by Crippen LogP contribution is -3.15. The highest BCUT2D eigenvalue weighted by molar-refractivity contribution is 5.89. The van der Waals surface area contributed by atoms with Crippen LogP contribution in [0.1, 0.15) is 34.2 Å². The molecule has 6 rings (SSSR count). The van der Waals surface area contributed by atoms with E-state index in [-0.39, 0.29) is 17.9 Å². The van der Waals surface area contributed by atoms with Crippen molar-refractivity contribution in [3.63, 3.8) is 0 Å². The monoisotopic (exact) mass is 461 g/mol. The Morgan fingerprint density at radius 3 is 1.66 bits per heavy atom. The van der Waals surface area contributed by atoms with Gasteiger partial charge in [0.25, 0.3) is 0 Å². The number of piperazine rings is 1. The minimum absolute atomic E-state index is 0.170. The third-order valence-corrected chi connectivity index (χ3v) is 7.32. The molecule has 0 atom stereocenters. The lowest BCUT2D eigenvalue weighted by Gasteiger charge is -2.39. The summed E-state index contributed by atoms with van der Waals surface area (Å²) in [5, 5.41) is 0. The number of carbonyl (C=O) groups is 1. The van der Waals surface area contributed by atoms with Gasteiger partial charge in [-0.3, -0.25) is 4.79 Å². The van der Waals surface area contributed by atoms with E-state index in [1.165, 1.54) is 16.0 Å². The Labute approximate surface area is 206 Å². The average Bonchev–Trinajstić information content (AvgIpc) is 2.93. The highest BCUT2D eigenvalue weighted by Crippen LogP contribution is 2.44. The van der Waals surface area contributed by atoms with E-state index in [4.69, 9.17) is 4.74 Å². The van der Waals surface area contributed by atoms with Crippen molar-refractivity contribution in [2.75, 3.05) is 26.2 Å². The van der Waals surface area contributed by atoms with Crippen molar-refractivity contribution >= 4 is 5.91 Å². The molecule has 2 aliphatic heterocycles. The number of para-hydroxylation sites is 2. The van der Waals surface area contributed by atoms with Crippen LogP contribution in [0.4, 0.5) is 0 Å². The molecule has 4 aromatic rings. The zero-order chi connectivity index (χ0) is 23.6. The van der Waals surface area contributed by atoms with Crippen LogP contribution in [0.25, 0.3) is 0 Å². The van der Waals surface area contributed by atoms with Crippen LogP contribution in [0.15, 0.2) is 109 Å². The van der Waals surface area contributed by atoms with Crippen molar-refractivity contribution in [1.29, 1.82) is 0 Å². The summed E-state index contributed by atoms with van der Waals surface area (Å²) >= 11 is 0. The molecule has 0 saturated carbocycles. The molecule has 0 unspecified atom stereocenters. The minimum Gasteiger partial charge on any atom is -0.457 e. The Bertz CT molecular complexity index is 1230. The van der Waals surface area contributed by atoms with E-state index >= 15 is 0 Å². The van der Waals surface area contributed by atoms with Gasteiger partial charge in [0.2, 0.25) is 5.91 Å². The Kier molecular flexibility index (Phi) is 5.81. The predicted molar refractivity (Wildman–Crippen MR) is 137 cm³/mol. The Hall–Kier alpha value is -3.89. The lowest BCUT2D eigenvalue weighted by atomic mass is 9.86. The number of fused-ring (bicyclic) bond motifs is 2. The SMILES string of the molecule is O=C(C1c2ccccc2Oc2ccccc21)N1CC[NH+](C(c2ccccc2)c2ccccc2)CC1. The fourth-order valence-electron chi connectivity index (χ4n) is 5.62. The molecule has 0 bridgehead atoms. The molecule has 4 nitrogen and oxygen atoms in total. The van der Waals surface area contributed by atoms with Crippen molar-refractivity contribution in [3.05, 3.63) is 131 Å². The van der Waals surface area contributed by atoms with Crippen LogP contribution in [0.3, 0.4) is 0 Å². The number of hydrogen-bond acceptors (Lipinski definition) is 2. The van der Waals surface area contributed by atoms with E-state index in [1.54, 1.807) is 0 Å². The van der Waals surface area contributed by atoms with Crippen molar-refractivity contribution in [1.82, 2.24) is 4.90 Å². The van der Waals surface area contributed by atoms with Crippen LogP contribution in [-0.4, -0.2) is 37.0 Å². The van der Waals surface area contributed by atoms with E-state index in [0.29, 0.717) is 0 Å². The van der Waals surface area contributed by atoms with Gasteiger partial charge in [0.1, 0.15) is 17.5 Å². The fraction of sp³-hybridized carbons (Fsp3) is 0.194. The summed E-state index contributed by atoms with van der Waals surface area (Å²) in [5.41, 5.74) is 4.55. The van der Waals surface area contributed by atoms with Gasteiger partial charge in [-0.15, -0.1) is 0 Å². The fourth-order valence-corrected chi connectivity index (χ4v) is 5.62. The maximum Gasteiger partial charge on any atom is 0.235 e. The molecule has 0 aliphatic carbocycles. The zero-order valence-electron chi connectivity index (χ0n) is 19.6. The van der Waals surface area contributed by atoms with E-state index in [2.05, 4.69) is 65.6 Å². The van der Waals surface area contributed by atoms with Gasteiger partial charge in [0.05, 0.1) is 32.1 Å². The number of ether oxygens (including phenoxy) is 1. The molecule has 2 heterocycles. The molecular weight excluding hydrogens is 432 g/mol. The second-order valence-corrected chi connectivity index (χ2v) is 9.35. The van der Waals surface area contributed by atoms with Gasteiger partial charge in [0, 0.05) is 22.3 Å². The predicted octanol–water partition coefficient (Wildman–Crippen LogP) is 4.44. The minimum atomic E-state index is -0.322. The third-order valence-electron chi connectivity index (χ3n) is 7.32. The van der Waals surface area contributed by atoms with Crippen LogP contribution in [-0.2, 0) is 4.79 Å². The molecule has 1 amide bonds. The average molecular weight is 462 g/mol. The topological polar surface area (TPSA) is 34.0 Å². The molecule has 0 radical (unpaired) electrons. The van der Waals surface area contributed by atoms with E-state index in [9.17, 15) is 4.79 Å². The molecule has 4 heteroatoms. The summed E-state index contributed by atoms with van der Waals surface area (Å²) in [6.45, 7) is 3.30. The normalized spacial score (nSPS) is 15.9. The number of benzene rings is 4. The summed E-state index contributed by atoms with van der Waals surface area (Å²) in [6, 6.07) is 37.6. The third kappa shape index (κ3) is 4.11. The highest BCUT2D eigenvalue weighted by atomic mass is 16.5. The quantitative estimate of drug-likeness (QED) is 0.488. The summed E-state index contributed by atoms with van der Waals surface area (Å²) in [6.07, 6.45) is 0. The van der Waals surface area contributed by atoms with E-state index < -0.39 is 0 Å². The maximum absolute atomic E-state index is 14.0. The van der Waals surface area contributed by atoms with Crippen LogP contribution in [0, 0.1) is 0 Å². The number of carbonyl (C=O) groups excluding carboxylic acids is 1. The largest absolute Gasteiger partial charge is 0.457 e. The molecular formula is C31H29N2O2+. The molecule has 1 fully saturated rings. The van der Waals surface area contributed by atoms with Crippen molar-refractivity contribution in [2.45, 2.75) is 12.0 Å².